The minimum absolute atomic E-state index is 0.0168. The lowest BCUT2D eigenvalue weighted by atomic mass is 10.1. The summed E-state index contributed by atoms with van der Waals surface area (Å²) >= 11 is 0. The summed E-state index contributed by atoms with van der Waals surface area (Å²) in [4.78, 5) is 81.1. The summed E-state index contributed by atoms with van der Waals surface area (Å²) in [5, 5.41) is 63.5. The molecule has 0 heterocycles. The molecule has 0 N–H and O–H groups in total. The molecule has 0 aliphatic carbocycles. The number of ketones is 1. The molecule has 0 atom stereocenters. The lowest BCUT2D eigenvalue weighted by molar-refractivity contribution is -0.396. The number of ether oxygens (including phenoxy) is 3. The fraction of sp³-hybridized carbons (Fsp3) is 0.231. The fourth-order valence-electron chi connectivity index (χ4n) is 3.72. The molecule has 23 nitrogen and oxygen atoms in total. The van der Waals surface area contributed by atoms with Gasteiger partial charge >= 0.3 is 23.0 Å². The Morgan fingerprint density at radius 3 is 1.30 bits per heavy atom. The van der Waals surface area contributed by atoms with Crippen molar-refractivity contribution >= 4 is 45.9 Å². The highest BCUT2D eigenvalue weighted by molar-refractivity contribution is 6.34. The normalized spacial score (nSPS) is 9.80. The predicted molar refractivity (Wildman–Crippen MR) is 163 cm³/mol. The number of nitrogens with zero attached hydrogens (tertiary/aromatic N) is 6. The Morgan fingerprint density at radius 2 is 0.920 bits per heavy atom. The van der Waals surface area contributed by atoms with Crippen molar-refractivity contribution in [1.82, 2.24) is 0 Å². The molecular formula is C26H23FN6O17. The third kappa shape index (κ3) is 10.4. The Morgan fingerprint density at radius 1 is 0.560 bits per heavy atom. The van der Waals surface area contributed by atoms with E-state index in [2.05, 4.69) is 4.74 Å². The second-order valence-corrected chi connectivity index (χ2v) is 9.19. The number of esters is 1. The van der Waals surface area contributed by atoms with E-state index in [1.165, 1.54) is 27.0 Å². The first-order valence-electron chi connectivity index (χ1n) is 12.9. The zero-order valence-electron chi connectivity index (χ0n) is 26.2. The van der Waals surface area contributed by atoms with Gasteiger partial charge in [-0.2, -0.15) is 4.39 Å². The van der Waals surface area contributed by atoms with E-state index >= 15 is 0 Å². The van der Waals surface area contributed by atoms with Gasteiger partial charge in [0.15, 0.2) is 11.5 Å². The number of nitro benzene ring substituents is 6. The van der Waals surface area contributed by atoms with Gasteiger partial charge < -0.3 is 14.2 Å². The lowest BCUT2D eigenvalue weighted by Crippen LogP contribution is -2.18. The van der Waals surface area contributed by atoms with Gasteiger partial charge in [-0.1, -0.05) is 0 Å². The number of benzene rings is 3. The van der Waals surface area contributed by atoms with E-state index in [-0.39, 0.29) is 28.3 Å². The van der Waals surface area contributed by atoms with Gasteiger partial charge in [0.2, 0.25) is 11.6 Å². The van der Waals surface area contributed by atoms with Crippen molar-refractivity contribution in [2.24, 2.45) is 0 Å². The maximum absolute atomic E-state index is 12.9. The van der Waals surface area contributed by atoms with Crippen LogP contribution in [0.5, 0.6) is 11.5 Å². The molecule has 0 bridgehead atoms. The summed E-state index contributed by atoms with van der Waals surface area (Å²) in [6, 6.07) is 5.22. The second kappa shape index (κ2) is 17.6. The standard InChI is InChI=1S/C11H10N2O8.C8H8N2O5.C7H5FN2O4/c1-20-10-4-6(3-9(14)11(15)21-2)7(12(16)17)5-8(10)13(18)19;1-5-3-8(15-2)7(10(13)14)4-6(5)9(11)12;1-4-2-5(8)7(10(13)14)3-6(4)9(11)12/h4-5H,3H2,1-2H3;3-4H,1-2H3;2-3H,1H3. The van der Waals surface area contributed by atoms with Gasteiger partial charge in [-0.05, 0) is 32.0 Å². The summed E-state index contributed by atoms with van der Waals surface area (Å²) < 4.78 is 26.6. The van der Waals surface area contributed by atoms with E-state index in [4.69, 9.17) is 9.47 Å². The average Bonchev–Trinajstić information content (AvgIpc) is 3.03. The molecule has 0 fully saturated rings. The number of carbonyl (C=O) groups excluding carboxylic acids is 2. The quantitative estimate of drug-likeness (QED) is 0.114. The van der Waals surface area contributed by atoms with Gasteiger partial charge in [-0.15, -0.1) is 0 Å². The predicted octanol–water partition coefficient (Wildman–Crippen LogP) is 4.57. The van der Waals surface area contributed by atoms with Crippen LogP contribution in [0.4, 0.5) is 38.5 Å². The van der Waals surface area contributed by atoms with Crippen LogP contribution in [-0.4, -0.2) is 62.6 Å². The second-order valence-electron chi connectivity index (χ2n) is 9.19. The highest BCUT2D eigenvalue weighted by Gasteiger charge is 2.28. The minimum Gasteiger partial charge on any atom is -0.490 e. The molecule has 266 valence electrons. The summed E-state index contributed by atoms with van der Waals surface area (Å²) in [6.45, 7) is 2.80. The number of rotatable bonds is 11. The number of methoxy groups -OCH3 is 3. The maximum Gasteiger partial charge on any atom is 0.374 e. The SMILES string of the molecule is COC(=O)C(=O)Cc1cc(OC)c([N+](=O)[O-])cc1[N+](=O)[O-].COc1cc(C)c([N+](=O)[O-])cc1[N+](=O)[O-].Cc1cc(F)c([N+](=O)[O-])cc1[N+](=O)[O-]. The van der Waals surface area contributed by atoms with Crippen molar-refractivity contribution in [3.8, 4) is 11.5 Å². The van der Waals surface area contributed by atoms with E-state index in [9.17, 15) is 74.7 Å². The number of hydrogen-bond donors (Lipinski definition) is 0. The third-order valence-electron chi connectivity index (χ3n) is 6.09. The third-order valence-corrected chi connectivity index (χ3v) is 6.09. The number of Topliss-reactive ketones (excluding diaryl/α,β-unsaturated/α-hetero) is 1. The van der Waals surface area contributed by atoms with Crippen molar-refractivity contribution in [3.05, 3.63) is 120 Å². The number of aryl methyl sites for hydroxylation is 2. The molecule has 3 rings (SSSR count). The molecular weight excluding hydrogens is 687 g/mol. The molecule has 0 saturated carbocycles. The Balaban J connectivity index is 0.000000385. The fourth-order valence-corrected chi connectivity index (χ4v) is 3.72. The van der Waals surface area contributed by atoms with Crippen molar-refractivity contribution < 1.29 is 57.7 Å². The highest BCUT2D eigenvalue weighted by Crippen LogP contribution is 2.35. The Labute approximate surface area is 276 Å². The number of carbonyl (C=O) groups is 2. The molecule has 0 saturated heterocycles. The van der Waals surface area contributed by atoms with Crippen LogP contribution >= 0.6 is 0 Å². The lowest BCUT2D eigenvalue weighted by Gasteiger charge is -2.06. The minimum atomic E-state index is -1.17. The summed E-state index contributed by atoms with van der Waals surface area (Å²) in [7, 11) is 3.40. The van der Waals surface area contributed by atoms with Crippen molar-refractivity contribution in [1.29, 1.82) is 0 Å². The maximum atomic E-state index is 12.9. The zero-order chi connectivity index (χ0) is 38.6. The molecule has 0 aliphatic rings. The van der Waals surface area contributed by atoms with Gasteiger partial charge in [0, 0.05) is 23.1 Å². The van der Waals surface area contributed by atoms with Gasteiger partial charge in [-0.25, -0.2) is 4.79 Å². The first-order valence-corrected chi connectivity index (χ1v) is 12.9. The van der Waals surface area contributed by atoms with E-state index in [1.807, 2.05) is 0 Å². The molecule has 50 heavy (non-hydrogen) atoms. The van der Waals surface area contributed by atoms with E-state index < -0.39 is 82.0 Å². The van der Waals surface area contributed by atoms with Crippen LogP contribution in [0, 0.1) is 80.4 Å². The van der Waals surface area contributed by atoms with E-state index in [0.717, 1.165) is 32.4 Å². The smallest absolute Gasteiger partial charge is 0.374 e. The summed E-state index contributed by atoms with van der Waals surface area (Å²) in [5.74, 6) is -3.49. The van der Waals surface area contributed by atoms with Crippen molar-refractivity contribution in [2.45, 2.75) is 20.3 Å². The van der Waals surface area contributed by atoms with Crippen LogP contribution in [0.2, 0.25) is 0 Å². The van der Waals surface area contributed by atoms with Gasteiger partial charge in [0.05, 0.1) is 69.1 Å². The van der Waals surface area contributed by atoms with Crippen LogP contribution in [0.3, 0.4) is 0 Å². The monoisotopic (exact) mass is 710 g/mol. The first kappa shape index (κ1) is 40.8. The van der Waals surface area contributed by atoms with Crippen LogP contribution in [0.25, 0.3) is 0 Å². The van der Waals surface area contributed by atoms with Crippen LogP contribution in [0.1, 0.15) is 16.7 Å². The molecule has 0 unspecified atom stereocenters. The average molecular weight is 710 g/mol. The summed E-state index contributed by atoms with van der Waals surface area (Å²) in [5.41, 5.74) is -3.12. The molecule has 0 amide bonds. The molecule has 0 radical (unpaired) electrons. The highest BCUT2D eigenvalue weighted by atomic mass is 19.1. The van der Waals surface area contributed by atoms with Crippen LogP contribution < -0.4 is 9.47 Å². The molecule has 0 spiro atoms. The largest absolute Gasteiger partial charge is 0.490 e. The van der Waals surface area contributed by atoms with Crippen molar-refractivity contribution in [2.75, 3.05) is 21.3 Å². The molecule has 3 aromatic carbocycles. The van der Waals surface area contributed by atoms with E-state index in [1.54, 1.807) is 0 Å². The molecule has 0 aliphatic heterocycles. The number of hydrogen-bond acceptors (Lipinski definition) is 17. The van der Waals surface area contributed by atoms with Gasteiger partial charge in [0.25, 0.3) is 17.1 Å². The Hall–Kier alpha value is -7.27. The van der Waals surface area contributed by atoms with Crippen LogP contribution in [0.15, 0.2) is 36.4 Å². The van der Waals surface area contributed by atoms with E-state index in [0.29, 0.717) is 17.7 Å². The number of halogens is 1. The van der Waals surface area contributed by atoms with Crippen molar-refractivity contribution in [3.63, 3.8) is 0 Å². The Kier molecular flexibility index (Phi) is 14.3. The van der Waals surface area contributed by atoms with Gasteiger partial charge in [0.1, 0.15) is 0 Å². The Bertz CT molecular complexity index is 1860. The number of nitro groups is 6. The molecule has 0 aromatic heterocycles. The molecule has 24 heteroatoms. The summed E-state index contributed by atoms with van der Waals surface area (Å²) in [6.07, 6.45) is -0.628. The molecule has 3 aromatic rings. The van der Waals surface area contributed by atoms with Crippen LogP contribution in [-0.2, 0) is 20.7 Å². The van der Waals surface area contributed by atoms with Gasteiger partial charge in [-0.3, -0.25) is 65.5 Å². The zero-order valence-corrected chi connectivity index (χ0v) is 26.2. The first-order chi connectivity index (χ1) is 23.2. The topological polar surface area (TPSA) is 321 Å².